The standard InChI is InChI=1S/C16H12ClN3O4/c1-10(21)19-16(11-6-8-12(9-7-11)20(22)23)24-15(18-19)13-4-2-3-5-14(13)17/h2-9,16H,1H3/t16-/m1/s1. The van der Waals surface area contributed by atoms with E-state index in [0.29, 0.717) is 16.1 Å². The molecule has 2 aromatic rings. The molecular weight excluding hydrogens is 334 g/mol. The van der Waals surface area contributed by atoms with E-state index in [1.54, 1.807) is 24.3 Å². The number of halogens is 1. The zero-order valence-electron chi connectivity index (χ0n) is 12.5. The minimum absolute atomic E-state index is 0.0432. The molecular formula is C16H12ClN3O4. The van der Waals surface area contributed by atoms with Gasteiger partial charge in [-0.25, -0.2) is 0 Å². The number of non-ortho nitro benzene ring substituents is 1. The number of hydrogen-bond acceptors (Lipinski definition) is 5. The van der Waals surface area contributed by atoms with E-state index in [0.717, 1.165) is 0 Å². The Morgan fingerprint density at radius 2 is 1.92 bits per heavy atom. The third kappa shape index (κ3) is 2.93. The van der Waals surface area contributed by atoms with Gasteiger partial charge in [-0.15, -0.1) is 5.10 Å². The number of carbonyl (C=O) groups excluding carboxylic acids is 1. The summed E-state index contributed by atoms with van der Waals surface area (Å²) in [5.41, 5.74) is 1.09. The van der Waals surface area contributed by atoms with Crippen molar-refractivity contribution in [2.75, 3.05) is 0 Å². The molecule has 1 atom stereocenters. The molecule has 0 aliphatic carbocycles. The maximum absolute atomic E-state index is 11.9. The Kier molecular flexibility index (Phi) is 4.18. The van der Waals surface area contributed by atoms with Crippen molar-refractivity contribution in [2.45, 2.75) is 13.2 Å². The van der Waals surface area contributed by atoms with Gasteiger partial charge in [0.25, 0.3) is 5.69 Å². The molecule has 8 heteroatoms. The average Bonchev–Trinajstić information content (AvgIpc) is 3.00. The summed E-state index contributed by atoms with van der Waals surface area (Å²) in [4.78, 5) is 22.1. The summed E-state index contributed by atoms with van der Waals surface area (Å²) >= 11 is 6.14. The molecule has 0 unspecified atom stereocenters. The molecule has 1 aliphatic heterocycles. The van der Waals surface area contributed by atoms with Crippen LogP contribution in [0.4, 0.5) is 5.69 Å². The second kappa shape index (κ2) is 6.29. The normalized spacial score (nSPS) is 16.5. The molecule has 1 aliphatic rings. The number of amides is 1. The minimum atomic E-state index is -0.797. The molecule has 7 nitrogen and oxygen atoms in total. The number of nitro groups is 1. The monoisotopic (exact) mass is 345 g/mol. The average molecular weight is 346 g/mol. The van der Waals surface area contributed by atoms with E-state index in [1.807, 2.05) is 0 Å². The maximum Gasteiger partial charge on any atom is 0.269 e. The Morgan fingerprint density at radius 1 is 1.25 bits per heavy atom. The molecule has 2 aromatic carbocycles. The van der Waals surface area contributed by atoms with Crippen LogP contribution in [-0.4, -0.2) is 21.7 Å². The van der Waals surface area contributed by atoms with Gasteiger partial charge in [-0.1, -0.05) is 23.7 Å². The van der Waals surface area contributed by atoms with Gasteiger partial charge in [-0.2, -0.15) is 5.01 Å². The van der Waals surface area contributed by atoms with Gasteiger partial charge in [-0.05, 0) is 24.3 Å². The molecule has 0 N–H and O–H groups in total. The van der Waals surface area contributed by atoms with Crippen LogP contribution < -0.4 is 0 Å². The highest BCUT2D eigenvalue weighted by Crippen LogP contribution is 2.32. The number of ether oxygens (including phenoxy) is 1. The maximum atomic E-state index is 11.9. The van der Waals surface area contributed by atoms with Crippen molar-refractivity contribution in [1.29, 1.82) is 0 Å². The predicted octanol–water partition coefficient (Wildman–Crippen LogP) is 3.49. The number of benzene rings is 2. The van der Waals surface area contributed by atoms with Crippen LogP contribution in [0, 0.1) is 10.1 Å². The van der Waals surface area contributed by atoms with Crippen molar-refractivity contribution in [3.05, 3.63) is 74.8 Å². The number of nitro benzene ring substituents is 1. The predicted molar refractivity (Wildman–Crippen MR) is 87.4 cm³/mol. The summed E-state index contributed by atoms with van der Waals surface area (Å²) in [5, 5.41) is 16.6. The minimum Gasteiger partial charge on any atom is -0.446 e. The van der Waals surface area contributed by atoms with Crippen molar-refractivity contribution < 1.29 is 14.5 Å². The van der Waals surface area contributed by atoms with Crippen LogP contribution in [0.5, 0.6) is 0 Å². The Balaban J connectivity index is 1.94. The second-order valence-corrected chi connectivity index (χ2v) is 5.47. The molecule has 1 amide bonds. The molecule has 3 rings (SSSR count). The lowest BCUT2D eigenvalue weighted by molar-refractivity contribution is -0.384. The highest BCUT2D eigenvalue weighted by atomic mass is 35.5. The van der Waals surface area contributed by atoms with Gasteiger partial charge in [0.1, 0.15) is 0 Å². The summed E-state index contributed by atoms with van der Waals surface area (Å²) in [6.07, 6.45) is -0.797. The zero-order chi connectivity index (χ0) is 17.3. The fourth-order valence-corrected chi connectivity index (χ4v) is 2.50. The van der Waals surface area contributed by atoms with Crippen molar-refractivity contribution >= 4 is 29.1 Å². The Labute approximate surface area is 142 Å². The molecule has 0 saturated carbocycles. The van der Waals surface area contributed by atoms with Crippen LogP contribution in [0.15, 0.2) is 53.6 Å². The van der Waals surface area contributed by atoms with Crippen molar-refractivity contribution in [1.82, 2.24) is 5.01 Å². The first-order valence-corrected chi connectivity index (χ1v) is 7.39. The number of carbonyl (C=O) groups is 1. The van der Waals surface area contributed by atoms with Crippen LogP contribution in [0.1, 0.15) is 24.3 Å². The third-order valence-corrected chi connectivity index (χ3v) is 3.79. The first-order chi connectivity index (χ1) is 11.5. The van der Waals surface area contributed by atoms with Crippen molar-refractivity contribution in [3.8, 4) is 0 Å². The second-order valence-electron chi connectivity index (χ2n) is 5.07. The van der Waals surface area contributed by atoms with Crippen LogP contribution in [0.25, 0.3) is 0 Å². The number of hydrazone groups is 1. The molecule has 0 saturated heterocycles. The lowest BCUT2D eigenvalue weighted by atomic mass is 10.1. The van der Waals surface area contributed by atoms with Gasteiger partial charge < -0.3 is 4.74 Å². The Morgan fingerprint density at radius 3 is 2.50 bits per heavy atom. The van der Waals surface area contributed by atoms with Crippen LogP contribution in [0.3, 0.4) is 0 Å². The smallest absolute Gasteiger partial charge is 0.269 e. The Hall–Kier alpha value is -2.93. The van der Waals surface area contributed by atoms with Crippen LogP contribution in [0.2, 0.25) is 5.02 Å². The molecule has 0 radical (unpaired) electrons. The lowest BCUT2D eigenvalue weighted by Gasteiger charge is -2.19. The zero-order valence-corrected chi connectivity index (χ0v) is 13.3. The molecule has 1 heterocycles. The summed E-state index contributed by atoms with van der Waals surface area (Å²) < 4.78 is 5.79. The van der Waals surface area contributed by atoms with E-state index in [1.165, 1.54) is 36.2 Å². The van der Waals surface area contributed by atoms with Gasteiger partial charge in [0.05, 0.1) is 15.5 Å². The molecule has 24 heavy (non-hydrogen) atoms. The number of nitrogens with zero attached hydrogens (tertiary/aromatic N) is 3. The quantitative estimate of drug-likeness (QED) is 0.629. The number of hydrogen-bond donors (Lipinski definition) is 0. The van der Waals surface area contributed by atoms with Gasteiger partial charge in [0.2, 0.25) is 18.0 Å². The summed E-state index contributed by atoms with van der Waals surface area (Å²) in [7, 11) is 0. The van der Waals surface area contributed by atoms with Crippen LogP contribution >= 0.6 is 11.6 Å². The van der Waals surface area contributed by atoms with Gasteiger partial charge in [0, 0.05) is 24.6 Å². The van der Waals surface area contributed by atoms with Gasteiger partial charge in [0.15, 0.2) is 0 Å². The molecule has 0 bridgehead atoms. The van der Waals surface area contributed by atoms with Gasteiger partial charge in [-0.3, -0.25) is 14.9 Å². The van der Waals surface area contributed by atoms with Gasteiger partial charge >= 0.3 is 0 Å². The fourth-order valence-electron chi connectivity index (χ4n) is 2.29. The summed E-state index contributed by atoms with van der Waals surface area (Å²) in [6.45, 7) is 1.36. The van der Waals surface area contributed by atoms with Crippen LogP contribution in [-0.2, 0) is 9.53 Å². The molecule has 0 spiro atoms. The third-order valence-electron chi connectivity index (χ3n) is 3.46. The molecule has 122 valence electrons. The van der Waals surface area contributed by atoms with E-state index in [2.05, 4.69) is 5.10 Å². The van der Waals surface area contributed by atoms with E-state index < -0.39 is 11.2 Å². The highest BCUT2D eigenvalue weighted by Gasteiger charge is 2.33. The summed E-state index contributed by atoms with van der Waals surface area (Å²) in [5.74, 6) is -0.0976. The highest BCUT2D eigenvalue weighted by molar-refractivity contribution is 6.33. The first kappa shape index (κ1) is 15.9. The summed E-state index contributed by atoms with van der Waals surface area (Å²) in [6, 6.07) is 12.8. The Bertz CT molecular complexity index is 835. The SMILES string of the molecule is CC(=O)N1N=C(c2ccccc2Cl)O[C@@H]1c1ccc([N+](=O)[O-])cc1. The fraction of sp³-hybridized carbons (Fsp3) is 0.125. The molecule has 0 aromatic heterocycles. The topological polar surface area (TPSA) is 85.0 Å². The number of rotatable bonds is 3. The van der Waals surface area contributed by atoms with Crippen molar-refractivity contribution in [3.63, 3.8) is 0 Å². The van der Waals surface area contributed by atoms with E-state index in [9.17, 15) is 14.9 Å². The molecule has 0 fully saturated rings. The van der Waals surface area contributed by atoms with Crippen molar-refractivity contribution in [2.24, 2.45) is 5.10 Å². The van der Waals surface area contributed by atoms with E-state index in [-0.39, 0.29) is 17.5 Å². The van der Waals surface area contributed by atoms with E-state index in [4.69, 9.17) is 16.3 Å². The largest absolute Gasteiger partial charge is 0.446 e. The first-order valence-electron chi connectivity index (χ1n) is 7.01. The lowest BCUT2D eigenvalue weighted by Crippen LogP contribution is -2.25. The van der Waals surface area contributed by atoms with E-state index >= 15 is 0 Å².